The van der Waals surface area contributed by atoms with E-state index in [9.17, 15) is 0 Å². The lowest BCUT2D eigenvalue weighted by Gasteiger charge is -2.29. The van der Waals surface area contributed by atoms with Crippen LogP contribution in [0.25, 0.3) is 0 Å². The molecule has 96 valence electrons. The average molecular weight is 228 g/mol. The Morgan fingerprint density at radius 3 is 2.44 bits per heavy atom. The van der Waals surface area contributed by atoms with Crippen LogP contribution in [0.5, 0.6) is 0 Å². The van der Waals surface area contributed by atoms with Gasteiger partial charge in [-0.15, -0.1) is 0 Å². The summed E-state index contributed by atoms with van der Waals surface area (Å²) in [5.41, 5.74) is 0. The first-order valence-corrected chi connectivity index (χ1v) is 6.63. The molecule has 0 amide bonds. The van der Waals surface area contributed by atoms with Gasteiger partial charge in [0.05, 0.1) is 6.61 Å². The van der Waals surface area contributed by atoms with Crippen molar-refractivity contribution < 1.29 is 4.74 Å². The number of nitrogens with zero attached hydrogens (tertiary/aromatic N) is 1. The Morgan fingerprint density at radius 2 is 2.00 bits per heavy atom. The molecule has 0 radical (unpaired) electrons. The Hall–Kier alpha value is -0.120. The molecule has 0 aromatic rings. The summed E-state index contributed by atoms with van der Waals surface area (Å²) in [6.45, 7) is 10.9. The van der Waals surface area contributed by atoms with Crippen LogP contribution in [0.2, 0.25) is 0 Å². The third kappa shape index (κ3) is 5.28. The van der Waals surface area contributed by atoms with E-state index >= 15 is 0 Å². The summed E-state index contributed by atoms with van der Waals surface area (Å²) in [5.74, 6) is 0.755. The van der Waals surface area contributed by atoms with Gasteiger partial charge in [-0.25, -0.2) is 0 Å². The van der Waals surface area contributed by atoms with Crippen LogP contribution >= 0.6 is 0 Å². The Kier molecular flexibility index (Phi) is 6.32. The van der Waals surface area contributed by atoms with Crippen molar-refractivity contribution >= 4 is 0 Å². The number of rotatable bonds is 9. The maximum absolute atomic E-state index is 5.27. The molecule has 0 spiro atoms. The van der Waals surface area contributed by atoms with Crippen molar-refractivity contribution in [2.75, 3.05) is 33.4 Å². The summed E-state index contributed by atoms with van der Waals surface area (Å²) in [7, 11) is 1.79. The first kappa shape index (κ1) is 13.9. The minimum atomic E-state index is 0.481. The summed E-state index contributed by atoms with van der Waals surface area (Å²) < 4.78 is 5.27. The Morgan fingerprint density at radius 1 is 1.31 bits per heavy atom. The van der Waals surface area contributed by atoms with Gasteiger partial charge in [0.1, 0.15) is 0 Å². The number of nitrogens with one attached hydrogen (secondary N) is 1. The maximum atomic E-state index is 5.27. The highest BCUT2D eigenvalue weighted by Crippen LogP contribution is 2.27. The molecule has 3 nitrogen and oxygen atoms in total. The van der Waals surface area contributed by atoms with E-state index in [1.807, 2.05) is 0 Å². The van der Waals surface area contributed by atoms with Crippen LogP contribution in [0.3, 0.4) is 0 Å². The Bertz CT molecular complexity index is 175. The predicted octanol–water partition coefficient (Wildman–Crippen LogP) is 1.73. The number of ether oxygens (including phenoxy) is 1. The monoisotopic (exact) mass is 228 g/mol. The zero-order valence-electron chi connectivity index (χ0n) is 11.3. The van der Waals surface area contributed by atoms with Gasteiger partial charge in [0, 0.05) is 32.3 Å². The summed E-state index contributed by atoms with van der Waals surface area (Å²) in [6, 6.07) is 1.33. The minimum absolute atomic E-state index is 0.481. The van der Waals surface area contributed by atoms with Crippen molar-refractivity contribution in [1.29, 1.82) is 0 Å². The average Bonchev–Trinajstić information content (AvgIpc) is 2.99. The van der Waals surface area contributed by atoms with Crippen molar-refractivity contribution in [2.45, 2.75) is 45.7 Å². The molecule has 0 aromatic carbocycles. The van der Waals surface area contributed by atoms with Crippen LogP contribution in [-0.2, 0) is 4.74 Å². The largest absolute Gasteiger partial charge is 0.383 e. The molecule has 1 fully saturated rings. The molecule has 0 saturated heterocycles. The first-order chi connectivity index (χ1) is 7.67. The van der Waals surface area contributed by atoms with Crippen molar-refractivity contribution in [2.24, 2.45) is 5.92 Å². The van der Waals surface area contributed by atoms with Crippen molar-refractivity contribution in [3.05, 3.63) is 0 Å². The lowest BCUT2D eigenvalue weighted by molar-refractivity contribution is 0.130. The van der Waals surface area contributed by atoms with Gasteiger partial charge < -0.3 is 10.1 Å². The van der Waals surface area contributed by atoms with Gasteiger partial charge in [-0.2, -0.15) is 0 Å². The quantitative estimate of drug-likeness (QED) is 0.650. The second-order valence-electron chi connectivity index (χ2n) is 5.29. The van der Waals surface area contributed by atoms with Crippen LogP contribution in [0.4, 0.5) is 0 Å². The second-order valence-corrected chi connectivity index (χ2v) is 5.29. The van der Waals surface area contributed by atoms with E-state index in [1.165, 1.54) is 19.4 Å². The van der Waals surface area contributed by atoms with Crippen LogP contribution < -0.4 is 5.32 Å². The van der Waals surface area contributed by atoms with Crippen molar-refractivity contribution in [1.82, 2.24) is 10.2 Å². The van der Waals surface area contributed by atoms with E-state index in [0.29, 0.717) is 6.04 Å². The van der Waals surface area contributed by atoms with E-state index < -0.39 is 0 Å². The molecule has 0 bridgehead atoms. The molecule has 3 heteroatoms. The number of methoxy groups -OCH3 is 1. The molecule has 1 unspecified atom stereocenters. The first-order valence-electron chi connectivity index (χ1n) is 6.63. The van der Waals surface area contributed by atoms with E-state index in [1.54, 1.807) is 7.11 Å². The lowest BCUT2D eigenvalue weighted by atomic mass is 10.2. The fraction of sp³-hybridized carbons (Fsp3) is 1.00. The number of hydrogen-bond acceptors (Lipinski definition) is 3. The van der Waals surface area contributed by atoms with E-state index in [-0.39, 0.29) is 0 Å². The SMILES string of the molecule is CCNC(COC)CN(CC(C)C)C1CC1. The Labute approximate surface area is 101 Å². The van der Waals surface area contributed by atoms with Gasteiger partial charge in [0.2, 0.25) is 0 Å². The van der Waals surface area contributed by atoms with Gasteiger partial charge in [-0.3, -0.25) is 4.90 Å². The minimum Gasteiger partial charge on any atom is -0.383 e. The summed E-state index contributed by atoms with van der Waals surface area (Å²) >= 11 is 0. The van der Waals surface area contributed by atoms with Crippen LogP contribution in [-0.4, -0.2) is 50.3 Å². The van der Waals surface area contributed by atoms with E-state index in [0.717, 1.165) is 31.7 Å². The van der Waals surface area contributed by atoms with Crippen LogP contribution in [0.1, 0.15) is 33.6 Å². The van der Waals surface area contributed by atoms with E-state index in [4.69, 9.17) is 4.74 Å². The molecule has 1 N–H and O–H groups in total. The highest BCUT2D eigenvalue weighted by atomic mass is 16.5. The molecule has 0 aliphatic heterocycles. The zero-order valence-corrected chi connectivity index (χ0v) is 11.3. The molecular formula is C13H28N2O. The maximum Gasteiger partial charge on any atom is 0.0628 e. The van der Waals surface area contributed by atoms with Gasteiger partial charge in [0.15, 0.2) is 0 Å². The highest BCUT2D eigenvalue weighted by Gasteiger charge is 2.30. The van der Waals surface area contributed by atoms with Crippen LogP contribution in [0.15, 0.2) is 0 Å². The molecule has 16 heavy (non-hydrogen) atoms. The molecular weight excluding hydrogens is 200 g/mol. The molecule has 1 rings (SSSR count). The molecule has 1 aliphatic rings. The van der Waals surface area contributed by atoms with Gasteiger partial charge >= 0.3 is 0 Å². The van der Waals surface area contributed by atoms with Gasteiger partial charge in [-0.1, -0.05) is 20.8 Å². The van der Waals surface area contributed by atoms with Crippen molar-refractivity contribution in [3.63, 3.8) is 0 Å². The normalized spacial score (nSPS) is 18.4. The fourth-order valence-electron chi connectivity index (χ4n) is 2.23. The third-order valence-corrected chi connectivity index (χ3v) is 2.98. The number of likely N-dealkylation sites (N-methyl/N-ethyl adjacent to an activating group) is 1. The fourth-order valence-corrected chi connectivity index (χ4v) is 2.23. The standard InChI is InChI=1S/C13H28N2O/c1-5-14-12(10-16-4)9-15(8-11(2)3)13-6-7-13/h11-14H,5-10H2,1-4H3. The summed E-state index contributed by atoms with van der Waals surface area (Å²) in [6.07, 6.45) is 2.77. The van der Waals surface area contributed by atoms with Gasteiger partial charge in [0.25, 0.3) is 0 Å². The molecule has 0 aromatic heterocycles. The highest BCUT2D eigenvalue weighted by molar-refractivity contribution is 4.87. The summed E-state index contributed by atoms with van der Waals surface area (Å²) in [5, 5.41) is 3.50. The molecule has 1 saturated carbocycles. The number of hydrogen-bond donors (Lipinski definition) is 1. The second kappa shape index (κ2) is 7.25. The smallest absolute Gasteiger partial charge is 0.0628 e. The predicted molar refractivity (Wildman–Crippen MR) is 68.8 cm³/mol. The van der Waals surface area contributed by atoms with Gasteiger partial charge in [-0.05, 0) is 25.3 Å². The topological polar surface area (TPSA) is 24.5 Å². The zero-order chi connectivity index (χ0) is 12.0. The van der Waals surface area contributed by atoms with Crippen LogP contribution in [0, 0.1) is 5.92 Å². The Balaban J connectivity index is 2.37. The third-order valence-electron chi connectivity index (χ3n) is 2.98. The summed E-state index contributed by atoms with van der Waals surface area (Å²) in [4.78, 5) is 2.64. The molecule has 1 aliphatic carbocycles. The van der Waals surface area contributed by atoms with E-state index in [2.05, 4.69) is 31.0 Å². The lowest BCUT2D eigenvalue weighted by Crippen LogP contribution is -2.45. The van der Waals surface area contributed by atoms with Crippen molar-refractivity contribution in [3.8, 4) is 0 Å². The molecule has 0 heterocycles. The molecule has 1 atom stereocenters.